The van der Waals surface area contributed by atoms with Crippen molar-refractivity contribution in [1.82, 2.24) is 14.6 Å². The first-order valence-electron chi connectivity index (χ1n) is 7.68. The molecule has 0 radical (unpaired) electrons. The van der Waals surface area contributed by atoms with Crippen LogP contribution in [0.3, 0.4) is 0 Å². The molecule has 0 bridgehead atoms. The van der Waals surface area contributed by atoms with Crippen LogP contribution in [0.2, 0.25) is 10.0 Å². The third kappa shape index (κ3) is 3.71. The Morgan fingerprint density at radius 2 is 2.00 bits per heavy atom. The first-order chi connectivity index (χ1) is 13.1. The number of rotatable bonds is 4. The molecule has 2 heterocycles. The van der Waals surface area contributed by atoms with Crippen molar-refractivity contribution < 1.29 is 22.7 Å². The van der Waals surface area contributed by atoms with Gasteiger partial charge in [0.05, 0.1) is 22.5 Å². The van der Waals surface area contributed by atoms with Gasteiger partial charge in [0.25, 0.3) is 0 Å². The third-order valence-corrected chi connectivity index (χ3v) is 4.39. The van der Waals surface area contributed by atoms with Crippen molar-refractivity contribution in [3.8, 4) is 11.3 Å². The van der Waals surface area contributed by atoms with Crippen LogP contribution >= 0.6 is 23.2 Å². The van der Waals surface area contributed by atoms with Gasteiger partial charge in [0.1, 0.15) is 12.4 Å². The van der Waals surface area contributed by atoms with Crippen molar-refractivity contribution >= 4 is 40.6 Å². The first kappa shape index (κ1) is 20.2. The lowest BCUT2D eigenvalue weighted by molar-refractivity contribution is -0.201. The second kappa shape index (κ2) is 7.46. The molecule has 0 aliphatic heterocycles. The zero-order valence-electron chi connectivity index (χ0n) is 13.9. The number of aromatic nitrogens is 3. The Bertz CT molecular complexity index is 1070. The number of carbonyl (C=O) groups is 1. The van der Waals surface area contributed by atoms with Crippen LogP contribution in [0.25, 0.3) is 16.9 Å². The molecule has 0 atom stereocenters. The fraction of sp³-hybridized carbons (Fsp3) is 0.188. The van der Waals surface area contributed by atoms with Gasteiger partial charge in [-0.1, -0.05) is 23.2 Å². The number of hydrogen-bond donors (Lipinski definition) is 2. The predicted octanol–water partition coefficient (Wildman–Crippen LogP) is 3.35. The van der Waals surface area contributed by atoms with E-state index in [2.05, 4.69) is 14.8 Å². The van der Waals surface area contributed by atoms with Crippen LogP contribution in [-0.2, 0) is 22.7 Å². The second-order valence-corrected chi connectivity index (χ2v) is 6.48. The third-order valence-electron chi connectivity index (χ3n) is 3.84. The summed E-state index contributed by atoms with van der Waals surface area (Å²) < 4.78 is 42.5. The average Bonchev–Trinajstić information content (AvgIpc) is 3.02. The molecule has 0 saturated heterocycles. The lowest BCUT2D eigenvalue weighted by atomic mass is 10.1. The second-order valence-electron chi connectivity index (χ2n) is 5.63. The minimum Gasteiger partial charge on any atom is -0.454 e. The summed E-state index contributed by atoms with van der Waals surface area (Å²) in [6.45, 7) is -0.689. The number of carbonyl (C=O) groups excluding carboxylic acids is 1. The van der Waals surface area contributed by atoms with Gasteiger partial charge in [0.2, 0.25) is 0 Å². The number of ether oxygens (including phenoxy) is 1. The molecule has 0 unspecified atom stereocenters. The van der Waals surface area contributed by atoms with Crippen molar-refractivity contribution in [1.29, 1.82) is 0 Å². The van der Waals surface area contributed by atoms with Gasteiger partial charge in [-0.25, -0.2) is 9.78 Å². The zero-order chi connectivity index (χ0) is 20.6. The number of nitrogen functional groups attached to an aromatic ring is 1. The molecule has 0 spiro atoms. The molecule has 0 amide bonds. The molecule has 0 aliphatic rings. The molecule has 7 nitrogen and oxygen atoms in total. The highest BCUT2D eigenvalue weighted by molar-refractivity contribution is 6.36. The Balaban J connectivity index is 2.11. The minimum atomic E-state index is -5.11. The van der Waals surface area contributed by atoms with Crippen LogP contribution in [0.5, 0.6) is 0 Å². The van der Waals surface area contributed by atoms with Crippen LogP contribution in [0, 0.1) is 0 Å². The van der Waals surface area contributed by atoms with Gasteiger partial charge < -0.3 is 16.2 Å². The summed E-state index contributed by atoms with van der Waals surface area (Å²) in [7, 11) is 0. The molecular formula is C16H12Cl2F3N5O2. The molecule has 0 aliphatic carbocycles. The van der Waals surface area contributed by atoms with E-state index in [1.165, 1.54) is 16.8 Å². The Morgan fingerprint density at radius 3 is 2.61 bits per heavy atom. The number of fused-ring (bicyclic) bond motifs is 1. The van der Waals surface area contributed by atoms with E-state index in [1.807, 2.05) is 0 Å². The van der Waals surface area contributed by atoms with E-state index in [-0.39, 0.29) is 28.6 Å². The highest BCUT2D eigenvalue weighted by Gasteiger charge is 2.41. The number of esters is 1. The summed E-state index contributed by atoms with van der Waals surface area (Å²) in [6.07, 6.45) is -3.90. The van der Waals surface area contributed by atoms with Crippen molar-refractivity contribution in [2.75, 3.05) is 5.73 Å². The summed E-state index contributed by atoms with van der Waals surface area (Å²) in [6, 6.07) is 4.71. The summed E-state index contributed by atoms with van der Waals surface area (Å²) in [5.74, 6) is -2.19. The lowest BCUT2D eigenvalue weighted by Gasteiger charge is -2.14. The van der Waals surface area contributed by atoms with Gasteiger partial charge >= 0.3 is 12.1 Å². The topological polar surface area (TPSA) is 109 Å². The van der Waals surface area contributed by atoms with Gasteiger partial charge in [0.15, 0.2) is 5.65 Å². The van der Waals surface area contributed by atoms with Gasteiger partial charge in [0, 0.05) is 22.7 Å². The Labute approximate surface area is 166 Å². The molecule has 3 aromatic rings. The molecule has 0 saturated carbocycles. The highest BCUT2D eigenvalue weighted by atomic mass is 35.5. The van der Waals surface area contributed by atoms with Crippen molar-refractivity contribution in [2.24, 2.45) is 5.73 Å². The average molecular weight is 434 g/mol. The van der Waals surface area contributed by atoms with Gasteiger partial charge in [-0.05, 0) is 18.2 Å². The molecule has 0 fully saturated rings. The smallest absolute Gasteiger partial charge is 0.454 e. The van der Waals surface area contributed by atoms with Crippen molar-refractivity contribution in [3.63, 3.8) is 0 Å². The van der Waals surface area contributed by atoms with Crippen LogP contribution in [0.4, 0.5) is 19.0 Å². The van der Waals surface area contributed by atoms with Crippen LogP contribution < -0.4 is 11.5 Å². The number of halogens is 5. The summed E-state index contributed by atoms with van der Waals surface area (Å²) in [5, 5.41) is 4.67. The number of alkyl halides is 3. The Morgan fingerprint density at radius 1 is 1.29 bits per heavy atom. The minimum absolute atomic E-state index is 0.00130. The molecule has 3 rings (SSSR count). The van der Waals surface area contributed by atoms with E-state index in [0.717, 1.165) is 0 Å². The fourth-order valence-electron chi connectivity index (χ4n) is 2.53. The van der Waals surface area contributed by atoms with Gasteiger partial charge in [-0.15, -0.1) is 0 Å². The van der Waals surface area contributed by atoms with E-state index in [1.54, 1.807) is 12.1 Å². The lowest BCUT2D eigenvalue weighted by Crippen LogP contribution is -2.25. The number of hydrogen-bond acceptors (Lipinski definition) is 6. The van der Waals surface area contributed by atoms with E-state index in [9.17, 15) is 18.0 Å². The molecule has 12 heteroatoms. The van der Waals surface area contributed by atoms with E-state index < -0.39 is 18.8 Å². The van der Waals surface area contributed by atoms with E-state index in [4.69, 9.17) is 34.7 Å². The van der Waals surface area contributed by atoms with Crippen LogP contribution in [-0.4, -0.2) is 26.7 Å². The van der Waals surface area contributed by atoms with Crippen molar-refractivity contribution in [3.05, 3.63) is 45.6 Å². The summed E-state index contributed by atoms with van der Waals surface area (Å²) in [5.41, 5.74) is 13.3. The van der Waals surface area contributed by atoms with Crippen LogP contribution in [0.1, 0.15) is 11.1 Å². The SMILES string of the molecule is NCc1c(-c2ccc(Cl)cc2Cl)nc2c(COC(=O)C(F)(F)F)cnn2c1N. The van der Waals surface area contributed by atoms with Gasteiger partial charge in [-0.3, -0.25) is 0 Å². The molecule has 4 N–H and O–H groups in total. The molecular weight excluding hydrogens is 422 g/mol. The number of benzene rings is 1. The number of anilines is 1. The van der Waals surface area contributed by atoms with Crippen molar-refractivity contribution in [2.45, 2.75) is 19.3 Å². The standard InChI is InChI=1S/C16H12Cl2F3N5O2/c17-8-1-2-9(11(18)3-8)12-10(4-22)13(23)26-14(25-12)7(5-24-26)6-28-15(27)16(19,20)21/h1-3,5H,4,6,22-23H2. The van der Waals surface area contributed by atoms with Gasteiger partial charge in [-0.2, -0.15) is 22.8 Å². The summed E-state index contributed by atoms with van der Waals surface area (Å²) >= 11 is 12.2. The first-order valence-corrected chi connectivity index (χ1v) is 8.43. The Hall–Kier alpha value is -2.56. The highest BCUT2D eigenvalue weighted by Crippen LogP contribution is 2.34. The number of nitrogens with two attached hydrogens (primary N) is 2. The predicted molar refractivity (Wildman–Crippen MR) is 96.6 cm³/mol. The quantitative estimate of drug-likeness (QED) is 0.610. The maximum atomic E-state index is 12.3. The molecule has 2 aromatic heterocycles. The molecule has 28 heavy (non-hydrogen) atoms. The van der Waals surface area contributed by atoms with E-state index in [0.29, 0.717) is 21.8 Å². The maximum Gasteiger partial charge on any atom is 0.490 e. The summed E-state index contributed by atoms with van der Waals surface area (Å²) in [4.78, 5) is 15.4. The number of nitrogens with zero attached hydrogens (tertiary/aromatic N) is 3. The Kier molecular flexibility index (Phi) is 5.37. The van der Waals surface area contributed by atoms with Crippen LogP contribution in [0.15, 0.2) is 24.4 Å². The van der Waals surface area contributed by atoms with E-state index >= 15 is 0 Å². The fourth-order valence-corrected chi connectivity index (χ4v) is 3.02. The molecule has 1 aromatic carbocycles. The zero-order valence-corrected chi connectivity index (χ0v) is 15.4. The monoisotopic (exact) mass is 433 g/mol. The molecule has 148 valence electrons. The largest absolute Gasteiger partial charge is 0.490 e. The maximum absolute atomic E-state index is 12.3. The normalized spacial score (nSPS) is 11.8.